The first-order valence-corrected chi connectivity index (χ1v) is 15.9. The zero-order chi connectivity index (χ0) is 32.4. The van der Waals surface area contributed by atoms with Crippen molar-refractivity contribution in [2.75, 3.05) is 6.61 Å². The van der Waals surface area contributed by atoms with Gasteiger partial charge in [-0.25, -0.2) is 14.2 Å². The lowest BCUT2D eigenvalue weighted by molar-refractivity contribution is -0.139. The Kier molecular flexibility index (Phi) is 8.85. The number of rotatable bonds is 9. The number of hydrogen-bond acceptors (Lipinski definition) is 7. The quantitative estimate of drug-likeness (QED) is 0.174. The number of carbonyl (C=O) groups is 1. The Morgan fingerprint density at radius 2 is 1.74 bits per heavy atom. The number of allylic oxidation sites excluding steroid dienone is 1. The Morgan fingerprint density at radius 1 is 1.00 bits per heavy atom. The minimum absolute atomic E-state index is 0.0157. The molecule has 6 rings (SSSR count). The third-order valence-electron chi connectivity index (χ3n) is 7.64. The molecule has 0 saturated carbocycles. The fourth-order valence-corrected chi connectivity index (χ4v) is 6.63. The van der Waals surface area contributed by atoms with Gasteiger partial charge in [-0.15, -0.1) is 0 Å². The van der Waals surface area contributed by atoms with Gasteiger partial charge in [0.1, 0.15) is 30.0 Å². The summed E-state index contributed by atoms with van der Waals surface area (Å²) in [4.78, 5) is 33.0. The summed E-state index contributed by atoms with van der Waals surface area (Å²) in [7, 11) is 0. The maximum atomic E-state index is 14.4. The van der Waals surface area contributed by atoms with Gasteiger partial charge in [0.25, 0.3) is 5.56 Å². The smallest absolute Gasteiger partial charge is 0.338 e. The summed E-state index contributed by atoms with van der Waals surface area (Å²) in [6, 6.07) is 24.6. The highest BCUT2D eigenvalue weighted by Crippen LogP contribution is 2.36. The van der Waals surface area contributed by atoms with Crippen molar-refractivity contribution in [3.05, 3.63) is 138 Å². The molecule has 46 heavy (non-hydrogen) atoms. The predicted octanol–water partition coefficient (Wildman–Crippen LogP) is 6.46. The van der Waals surface area contributed by atoms with E-state index in [4.69, 9.17) is 19.2 Å². The predicted molar refractivity (Wildman–Crippen MR) is 177 cm³/mol. The summed E-state index contributed by atoms with van der Waals surface area (Å²) >= 11 is 1.23. The van der Waals surface area contributed by atoms with Crippen LogP contribution in [0, 0.1) is 5.82 Å². The first kappa shape index (κ1) is 31.0. The van der Waals surface area contributed by atoms with Crippen LogP contribution in [0.15, 0.2) is 106 Å². The normalized spacial score (nSPS) is 14.7. The molecule has 1 aromatic heterocycles. The van der Waals surface area contributed by atoms with Crippen molar-refractivity contribution in [2.45, 2.75) is 46.4 Å². The van der Waals surface area contributed by atoms with Crippen LogP contribution in [0.4, 0.5) is 4.39 Å². The van der Waals surface area contributed by atoms with Crippen molar-refractivity contribution in [1.82, 2.24) is 4.57 Å². The van der Waals surface area contributed by atoms with Gasteiger partial charge < -0.3 is 14.2 Å². The second-order valence-electron chi connectivity index (χ2n) is 11.1. The second-order valence-corrected chi connectivity index (χ2v) is 12.1. The molecule has 0 amide bonds. The molecule has 0 saturated heterocycles. The number of aromatic nitrogens is 1. The van der Waals surface area contributed by atoms with Crippen LogP contribution in [-0.2, 0) is 16.1 Å². The first-order chi connectivity index (χ1) is 22.3. The van der Waals surface area contributed by atoms with E-state index in [-0.39, 0.29) is 36.3 Å². The summed E-state index contributed by atoms with van der Waals surface area (Å²) in [6.07, 6.45) is 1.65. The Balaban J connectivity index is 1.55. The van der Waals surface area contributed by atoms with E-state index in [2.05, 4.69) is 0 Å². The summed E-state index contributed by atoms with van der Waals surface area (Å²) in [5, 5.41) is 1.83. The first-order valence-electron chi connectivity index (χ1n) is 15.1. The monoisotopic (exact) mass is 636 g/mol. The molecule has 0 bridgehead atoms. The number of thiazole rings is 1. The van der Waals surface area contributed by atoms with Crippen LogP contribution in [-0.4, -0.2) is 23.2 Å². The molecule has 0 unspecified atom stereocenters. The lowest BCUT2D eigenvalue weighted by atomic mass is 9.95. The van der Waals surface area contributed by atoms with Crippen molar-refractivity contribution in [3.8, 4) is 11.5 Å². The average Bonchev–Trinajstić information content (AvgIpc) is 3.34. The van der Waals surface area contributed by atoms with Crippen molar-refractivity contribution >= 4 is 34.2 Å². The van der Waals surface area contributed by atoms with E-state index in [1.165, 1.54) is 17.4 Å². The maximum Gasteiger partial charge on any atom is 0.338 e. The Hall–Kier alpha value is -5.02. The van der Waals surface area contributed by atoms with Crippen LogP contribution in [0.25, 0.3) is 16.8 Å². The number of para-hydroxylation sites is 1. The second kappa shape index (κ2) is 13.1. The van der Waals surface area contributed by atoms with Crippen molar-refractivity contribution in [2.24, 2.45) is 4.99 Å². The maximum absolute atomic E-state index is 14.4. The number of esters is 1. The molecule has 4 aromatic carbocycles. The summed E-state index contributed by atoms with van der Waals surface area (Å²) in [5.74, 6) is 0.169. The van der Waals surface area contributed by atoms with Gasteiger partial charge in [-0.1, -0.05) is 78.1 Å². The van der Waals surface area contributed by atoms with Crippen LogP contribution in [0.1, 0.15) is 50.4 Å². The number of hydrogen-bond donors (Lipinski definition) is 0. The summed E-state index contributed by atoms with van der Waals surface area (Å²) in [5.41, 5.74) is 2.18. The molecule has 1 aliphatic heterocycles. The highest BCUT2D eigenvalue weighted by atomic mass is 32.1. The minimum atomic E-state index is -0.823. The zero-order valence-corrected chi connectivity index (χ0v) is 26.8. The highest BCUT2D eigenvalue weighted by molar-refractivity contribution is 7.07. The third-order valence-corrected chi connectivity index (χ3v) is 8.62. The van der Waals surface area contributed by atoms with E-state index < -0.39 is 12.0 Å². The van der Waals surface area contributed by atoms with Crippen molar-refractivity contribution in [3.63, 3.8) is 0 Å². The van der Waals surface area contributed by atoms with Gasteiger partial charge in [-0.2, -0.15) is 0 Å². The number of benzene rings is 4. The van der Waals surface area contributed by atoms with Gasteiger partial charge >= 0.3 is 5.97 Å². The Bertz CT molecular complexity index is 2160. The zero-order valence-electron chi connectivity index (χ0n) is 26.0. The van der Waals surface area contributed by atoms with E-state index in [0.717, 1.165) is 10.8 Å². The summed E-state index contributed by atoms with van der Waals surface area (Å²) in [6.45, 7) is 7.53. The van der Waals surface area contributed by atoms with Crippen LogP contribution in [0.3, 0.4) is 0 Å². The van der Waals surface area contributed by atoms with Gasteiger partial charge in [-0.05, 0) is 62.7 Å². The largest absolute Gasteiger partial charge is 0.491 e. The number of nitrogens with zero attached hydrogens (tertiary/aromatic N) is 2. The van der Waals surface area contributed by atoms with E-state index in [1.807, 2.05) is 74.5 Å². The number of carbonyl (C=O) groups excluding carboxylic acids is 1. The lowest BCUT2D eigenvalue weighted by Gasteiger charge is -2.26. The SMILES string of the molecule is CCOC(=O)C1=C(C)N=c2s/c(=C\c3c(OCc4ccccc4F)ccc4ccccc34)c(=O)n2[C@H]1c1ccccc1OC(C)C. The van der Waals surface area contributed by atoms with E-state index in [9.17, 15) is 14.0 Å². The minimum Gasteiger partial charge on any atom is -0.491 e. The van der Waals surface area contributed by atoms with Crippen LogP contribution in [0.5, 0.6) is 11.5 Å². The Morgan fingerprint density at radius 3 is 2.52 bits per heavy atom. The number of halogens is 1. The molecule has 0 radical (unpaired) electrons. The molecule has 1 aliphatic rings. The van der Waals surface area contributed by atoms with E-state index in [0.29, 0.717) is 43.2 Å². The molecule has 5 aromatic rings. The van der Waals surface area contributed by atoms with Crippen LogP contribution in [0.2, 0.25) is 0 Å². The molecule has 1 atom stereocenters. The molecular weight excluding hydrogens is 603 g/mol. The fourth-order valence-electron chi connectivity index (χ4n) is 5.61. The fraction of sp³-hybridized carbons (Fsp3) is 0.216. The van der Waals surface area contributed by atoms with E-state index >= 15 is 0 Å². The molecule has 9 heteroatoms. The summed E-state index contributed by atoms with van der Waals surface area (Å²) < 4.78 is 34.2. The van der Waals surface area contributed by atoms with Gasteiger partial charge in [0.15, 0.2) is 4.80 Å². The van der Waals surface area contributed by atoms with E-state index in [1.54, 1.807) is 42.7 Å². The average molecular weight is 637 g/mol. The molecule has 0 aliphatic carbocycles. The molecule has 0 N–H and O–H groups in total. The van der Waals surface area contributed by atoms with Gasteiger partial charge in [0, 0.05) is 16.7 Å². The number of ether oxygens (including phenoxy) is 3. The number of fused-ring (bicyclic) bond motifs is 2. The molecular formula is C37H33FN2O5S. The highest BCUT2D eigenvalue weighted by Gasteiger charge is 2.35. The van der Waals surface area contributed by atoms with Crippen LogP contribution >= 0.6 is 11.3 Å². The third kappa shape index (κ3) is 5.98. The molecule has 0 fully saturated rings. The Labute approximate surface area is 269 Å². The standard InChI is InChI=1S/C37H33FN2O5S/c1-5-43-36(42)33-23(4)39-37-40(34(33)27-15-9-11-17-31(27)45-22(2)3)35(41)32(46-37)20-28-26-14-8-6-12-24(26)18-19-30(28)44-21-25-13-7-10-16-29(25)38/h6-20,22,34H,5,21H2,1-4H3/b32-20-/t34-/m0/s1. The molecule has 0 spiro atoms. The topological polar surface area (TPSA) is 79.1 Å². The van der Waals surface area contributed by atoms with Gasteiger partial charge in [0.2, 0.25) is 0 Å². The molecule has 234 valence electrons. The van der Waals surface area contributed by atoms with Crippen molar-refractivity contribution < 1.29 is 23.4 Å². The van der Waals surface area contributed by atoms with Gasteiger partial charge in [-0.3, -0.25) is 9.36 Å². The van der Waals surface area contributed by atoms with Crippen molar-refractivity contribution in [1.29, 1.82) is 0 Å². The van der Waals surface area contributed by atoms with Crippen LogP contribution < -0.4 is 24.4 Å². The molecule has 7 nitrogen and oxygen atoms in total. The van der Waals surface area contributed by atoms with Gasteiger partial charge in [0.05, 0.1) is 28.5 Å². The lowest BCUT2D eigenvalue weighted by Crippen LogP contribution is -2.40. The molecule has 2 heterocycles.